The predicted octanol–water partition coefficient (Wildman–Crippen LogP) is 5.37. The summed E-state index contributed by atoms with van der Waals surface area (Å²) in [6.45, 7) is 1.13. The van der Waals surface area contributed by atoms with E-state index >= 15 is 0 Å². The number of hydrogen-bond donors (Lipinski definition) is 1. The zero-order valence-electron chi connectivity index (χ0n) is 23.2. The molecule has 0 radical (unpaired) electrons. The minimum Gasteiger partial charge on any atom is -0.357 e. The van der Waals surface area contributed by atoms with Crippen LogP contribution in [0.15, 0.2) is 108 Å². The van der Waals surface area contributed by atoms with Crippen molar-refractivity contribution in [1.29, 1.82) is 0 Å². The molecule has 4 aromatic carbocycles. The van der Waals surface area contributed by atoms with Crippen LogP contribution in [-0.2, 0) is 32.6 Å². The maximum Gasteiger partial charge on any atom is 0.264 e. The summed E-state index contributed by atoms with van der Waals surface area (Å²) in [6.07, 6.45) is 0.179. The fraction of sp³-hybridized carbons (Fsp3) is 0.188. The normalized spacial score (nSPS) is 11.9. The molecule has 0 spiro atoms. The molecule has 4 aromatic rings. The molecule has 0 heterocycles. The number of nitrogens with one attached hydrogen (secondary N) is 1. The summed E-state index contributed by atoms with van der Waals surface area (Å²) in [6, 6.07) is 26.2. The Morgan fingerprint density at radius 1 is 0.881 bits per heavy atom. The van der Waals surface area contributed by atoms with Crippen molar-refractivity contribution in [1.82, 2.24) is 10.2 Å². The number of rotatable bonds is 11. The van der Waals surface area contributed by atoms with Gasteiger partial charge < -0.3 is 10.2 Å². The number of sulfonamides is 1. The molecule has 0 aliphatic carbocycles. The molecule has 1 N–H and O–H groups in total. The van der Waals surface area contributed by atoms with Crippen LogP contribution in [0, 0.1) is 12.7 Å². The van der Waals surface area contributed by atoms with Gasteiger partial charge in [0.2, 0.25) is 11.8 Å². The molecule has 0 aliphatic rings. The van der Waals surface area contributed by atoms with E-state index in [1.807, 2.05) is 37.3 Å². The predicted molar refractivity (Wildman–Crippen MR) is 162 cm³/mol. The summed E-state index contributed by atoms with van der Waals surface area (Å²) < 4.78 is 42.6. The number of amides is 2. The summed E-state index contributed by atoms with van der Waals surface area (Å²) >= 11 is 6.45. The van der Waals surface area contributed by atoms with E-state index in [0.717, 1.165) is 27.6 Å². The molecule has 0 saturated heterocycles. The maximum absolute atomic E-state index is 14.2. The Labute approximate surface area is 250 Å². The average Bonchev–Trinajstić information content (AvgIpc) is 2.99. The molecule has 0 bridgehead atoms. The molecule has 0 aliphatic heterocycles. The van der Waals surface area contributed by atoms with E-state index in [2.05, 4.69) is 5.32 Å². The van der Waals surface area contributed by atoms with Crippen molar-refractivity contribution >= 4 is 39.1 Å². The molecule has 0 saturated carbocycles. The lowest BCUT2D eigenvalue weighted by atomic mass is 10.0. The molecular weight excluding hydrogens is 577 g/mol. The van der Waals surface area contributed by atoms with Crippen LogP contribution < -0.4 is 9.62 Å². The van der Waals surface area contributed by atoms with Crippen LogP contribution in [0.1, 0.15) is 16.7 Å². The second-order valence-electron chi connectivity index (χ2n) is 9.73. The molecule has 0 aromatic heterocycles. The van der Waals surface area contributed by atoms with Crippen LogP contribution in [0.2, 0.25) is 5.02 Å². The summed E-state index contributed by atoms with van der Waals surface area (Å²) in [7, 11) is -2.79. The molecular formula is C32H31ClFN3O4S. The van der Waals surface area contributed by atoms with Gasteiger partial charge in [0, 0.05) is 25.0 Å². The lowest BCUT2D eigenvalue weighted by Gasteiger charge is -2.33. The number of likely N-dealkylation sites (N-methyl/N-ethyl adjacent to an activating group) is 1. The number of carbonyl (C=O) groups excluding carboxylic acids is 2. The Hall–Kier alpha value is -4.21. The van der Waals surface area contributed by atoms with E-state index in [9.17, 15) is 22.4 Å². The van der Waals surface area contributed by atoms with Crippen molar-refractivity contribution in [2.75, 3.05) is 17.9 Å². The Morgan fingerprint density at radius 2 is 1.50 bits per heavy atom. The number of anilines is 1. The lowest BCUT2D eigenvalue weighted by molar-refractivity contribution is -0.139. The number of nitrogens with zero attached hydrogens (tertiary/aromatic N) is 2. The molecule has 218 valence electrons. The molecule has 1 atom stereocenters. The van der Waals surface area contributed by atoms with Crippen molar-refractivity contribution in [3.8, 4) is 0 Å². The van der Waals surface area contributed by atoms with Crippen LogP contribution in [0.5, 0.6) is 0 Å². The summed E-state index contributed by atoms with van der Waals surface area (Å²) in [5.41, 5.74) is 2.36. The highest BCUT2D eigenvalue weighted by atomic mass is 35.5. The first-order valence-electron chi connectivity index (χ1n) is 13.2. The maximum atomic E-state index is 14.2. The Kier molecular flexibility index (Phi) is 9.98. The van der Waals surface area contributed by atoms with Crippen LogP contribution in [0.4, 0.5) is 10.1 Å². The largest absolute Gasteiger partial charge is 0.357 e. The zero-order valence-corrected chi connectivity index (χ0v) is 24.8. The third-order valence-electron chi connectivity index (χ3n) is 6.82. The lowest BCUT2D eigenvalue weighted by Crippen LogP contribution is -2.53. The van der Waals surface area contributed by atoms with E-state index in [-0.39, 0.29) is 23.5 Å². The van der Waals surface area contributed by atoms with Crippen LogP contribution in [-0.4, -0.2) is 44.8 Å². The third-order valence-corrected chi connectivity index (χ3v) is 8.98. The van der Waals surface area contributed by atoms with Gasteiger partial charge in [0.15, 0.2) is 0 Å². The second kappa shape index (κ2) is 13.6. The van der Waals surface area contributed by atoms with Crippen molar-refractivity contribution in [3.63, 3.8) is 0 Å². The van der Waals surface area contributed by atoms with Gasteiger partial charge in [-0.15, -0.1) is 0 Å². The van der Waals surface area contributed by atoms with Gasteiger partial charge >= 0.3 is 0 Å². The molecule has 42 heavy (non-hydrogen) atoms. The monoisotopic (exact) mass is 607 g/mol. The van der Waals surface area contributed by atoms with Crippen LogP contribution in [0.3, 0.4) is 0 Å². The quantitative estimate of drug-likeness (QED) is 0.248. The van der Waals surface area contributed by atoms with Crippen molar-refractivity contribution in [2.24, 2.45) is 0 Å². The molecule has 0 fully saturated rings. The smallest absolute Gasteiger partial charge is 0.264 e. The van der Waals surface area contributed by atoms with Gasteiger partial charge in [0.1, 0.15) is 18.4 Å². The first-order valence-corrected chi connectivity index (χ1v) is 15.1. The first-order chi connectivity index (χ1) is 20.1. The minimum atomic E-state index is -4.27. The van der Waals surface area contributed by atoms with Gasteiger partial charge in [-0.3, -0.25) is 13.9 Å². The fourth-order valence-corrected chi connectivity index (χ4v) is 6.11. The number of hydrogen-bond acceptors (Lipinski definition) is 4. The van der Waals surface area contributed by atoms with E-state index < -0.39 is 40.2 Å². The van der Waals surface area contributed by atoms with E-state index in [1.54, 1.807) is 36.4 Å². The van der Waals surface area contributed by atoms with E-state index in [0.29, 0.717) is 10.6 Å². The van der Waals surface area contributed by atoms with E-state index in [1.165, 1.54) is 36.2 Å². The number of carbonyl (C=O) groups is 2. The van der Waals surface area contributed by atoms with Crippen LogP contribution >= 0.6 is 11.6 Å². The Balaban J connectivity index is 1.79. The average molecular weight is 608 g/mol. The topological polar surface area (TPSA) is 86.8 Å². The van der Waals surface area contributed by atoms with Gasteiger partial charge in [0.25, 0.3) is 10.0 Å². The minimum absolute atomic E-state index is 0.0324. The van der Waals surface area contributed by atoms with E-state index in [4.69, 9.17) is 11.6 Å². The van der Waals surface area contributed by atoms with Gasteiger partial charge in [-0.05, 0) is 60.5 Å². The fourth-order valence-electron chi connectivity index (χ4n) is 4.50. The number of benzene rings is 4. The molecule has 2 amide bonds. The molecule has 7 nitrogen and oxygen atoms in total. The summed E-state index contributed by atoms with van der Waals surface area (Å²) in [5, 5.41) is 3.03. The zero-order chi connectivity index (χ0) is 30.3. The Bertz CT molecular complexity index is 1630. The van der Waals surface area contributed by atoms with Gasteiger partial charge in [-0.2, -0.15) is 0 Å². The molecule has 10 heteroatoms. The van der Waals surface area contributed by atoms with Crippen molar-refractivity contribution < 1.29 is 22.4 Å². The van der Waals surface area contributed by atoms with Crippen LogP contribution in [0.25, 0.3) is 0 Å². The molecule has 4 rings (SSSR count). The van der Waals surface area contributed by atoms with Gasteiger partial charge in [-0.1, -0.05) is 77.8 Å². The highest BCUT2D eigenvalue weighted by Gasteiger charge is 2.34. The summed E-state index contributed by atoms with van der Waals surface area (Å²) in [4.78, 5) is 28.8. The Morgan fingerprint density at radius 3 is 2.12 bits per heavy atom. The van der Waals surface area contributed by atoms with Crippen molar-refractivity contribution in [2.45, 2.75) is 30.8 Å². The standard InChI is InChI=1S/C32H31ClFN3O4S/c1-23-12-18-28(19-13-23)42(40,41)37(27-16-14-26(34)15-17-27)22-31(38)36(21-25-10-6-7-11-29(25)33)30(32(39)35-2)20-24-8-4-3-5-9-24/h3-19,30H,20-22H2,1-2H3,(H,35,39). The first kappa shape index (κ1) is 30.7. The number of halogens is 2. The summed E-state index contributed by atoms with van der Waals surface area (Å²) in [5.74, 6) is -1.62. The highest BCUT2D eigenvalue weighted by Crippen LogP contribution is 2.26. The SMILES string of the molecule is CNC(=O)C(Cc1ccccc1)N(Cc1ccccc1Cl)C(=O)CN(c1ccc(F)cc1)S(=O)(=O)c1ccc(C)cc1. The number of aryl methyl sites for hydroxylation is 1. The van der Waals surface area contributed by atoms with Gasteiger partial charge in [0.05, 0.1) is 10.6 Å². The third kappa shape index (κ3) is 7.35. The molecule has 1 unspecified atom stereocenters. The van der Waals surface area contributed by atoms with Gasteiger partial charge in [-0.25, -0.2) is 12.8 Å². The second-order valence-corrected chi connectivity index (χ2v) is 12.0. The van der Waals surface area contributed by atoms with Crippen molar-refractivity contribution in [3.05, 3.63) is 131 Å². The highest BCUT2D eigenvalue weighted by molar-refractivity contribution is 7.92.